The van der Waals surface area contributed by atoms with Crippen LogP contribution in [0.2, 0.25) is 0 Å². The fourth-order valence-electron chi connectivity index (χ4n) is 1.99. The van der Waals surface area contributed by atoms with Gasteiger partial charge in [0.1, 0.15) is 0 Å². The average Bonchev–Trinajstić information content (AvgIpc) is 2.37. The lowest BCUT2D eigenvalue weighted by Crippen LogP contribution is -2.48. The summed E-state index contributed by atoms with van der Waals surface area (Å²) in [5.74, 6) is -0.279. The van der Waals surface area contributed by atoms with Gasteiger partial charge in [0, 0.05) is 23.7 Å². The maximum atomic E-state index is 12.0. The van der Waals surface area contributed by atoms with Gasteiger partial charge < -0.3 is 10.3 Å². The van der Waals surface area contributed by atoms with Crippen LogP contribution in [0.25, 0.3) is 0 Å². The summed E-state index contributed by atoms with van der Waals surface area (Å²) in [6.07, 6.45) is 1.71. The molecule has 5 nitrogen and oxygen atoms in total. The molecule has 0 radical (unpaired) electrons. The van der Waals surface area contributed by atoms with Gasteiger partial charge >= 0.3 is 0 Å². The van der Waals surface area contributed by atoms with Crippen LogP contribution in [0.4, 0.5) is 0 Å². The van der Waals surface area contributed by atoms with Crippen LogP contribution in [-0.2, 0) is 9.63 Å². The molecule has 1 aliphatic rings. The van der Waals surface area contributed by atoms with Crippen LogP contribution in [0.15, 0.2) is 11.6 Å². The number of amides is 1. The molecule has 0 saturated heterocycles. The first kappa shape index (κ1) is 13.2. The molecule has 0 N–H and O–H groups in total. The smallest absolute Gasteiger partial charge is 0.274 e. The fraction of sp³-hybridized carbons (Fsp3) is 0.727. The topological polar surface area (TPSA) is 55.8 Å². The van der Waals surface area contributed by atoms with Gasteiger partial charge in [0.2, 0.25) is 0 Å². The van der Waals surface area contributed by atoms with E-state index in [-0.39, 0.29) is 5.91 Å². The Morgan fingerprint density at radius 3 is 2.25 bits per heavy atom. The zero-order valence-electron chi connectivity index (χ0n) is 10.7. The molecule has 0 aromatic carbocycles. The summed E-state index contributed by atoms with van der Waals surface area (Å²) in [6, 6.07) is 0. The Bertz CT molecular complexity index is 334. The minimum absolute atomic E-state index is 0.279. The van der Waals surface area contributed by atoms with Crippen molar-refractivity contribution in [3.05, 3.63) is 16.9 Å². The maximum absolute atomic E-state index is 12.0. The third-order valence-electron chi connectivity index (χ3n) is 2.98. The molecule has 5 heteroatoms. The standard InChI is InChI=1S/C11H19N2O3/c1-10(2)7-8(9(14)12(5)16-6)11(3,4)13(10)15/h7H,1-6H3/q-1. The van der Waals surface area contributed by atoms with Gasteiger partial charge in [-0.3, -0.25) is 9.63 Å². The largest absolute Gasteiger partial charge is 0.784 e. The molecule has 0 saturated carbocycles. The summed E-state index contributed by atoms with van der Waals surface area (Å²) in [6.45, 7) is 7.05. The Morgan fingerprint density at radius 1 is 1.44 bits per heavy atom. The Kier molecular flexibility index (Phi) is 3.15. The molecule has 0 aromatic heterocycles. The highest BCUT2D eigenvalue weighted by Crippen LogP contribution is 2.39. The maximum Gasteiger partial charge on any atom is 0.274 e. The summed E-state index contributed by atoms with van der Waals surface area (Å²) in [5.41, 5.74) is -1.02. The third-order valence-corrected chi connectivity index (χ3v) is 2.98. The molecule has 0 atom stereocenters. The molecule has 1 rings (SSSR count). The number of hydroxylamine groups is 4. The molecule has 0 unspecified atom stereocenters. The van der Waals surface area contributed by atoms with Gasteiger partial charge in [0.05, 0.1) is 7.11 Å². The molecule has 0 bridgehead atoms. The molecule has 0 spiro atoms. The molecule has 0 aliphatic carbocycles. The Hall–Kier alpha value is -0.910. The lowest BCUT2D eigenvalue weighted by Gasteiger charge is -2.47. The Morgan fingerprint density at radius 2 is 1.94 bits per heavy atom. The summed E-state index contributed by atoms with van der Waals surface area (Å²) in [4.78, 5) is 16.8. The zero-order chi connectivity index (χ0) is 12.7. The first-order valence-corrected chi connectivity index (χ1v) is 5.17. The van der Waals surface area contributed by atoms with E-state index in [1.165, 1.54) is 14.2 Å². The van der Waals surface area contributed by atoms with E-state index in [9.17, 15) is 10.0 Å². The highest BCUT2D eigenvalue weighted by molar-refractivity contribution is 5.95. The first-order valence-electron chi connectivity index (χ1n) is 5.17. The normalized spacial score (nSPS) is 23.1. The van der Waals surface area contributed by atoms with E-state index in [0.29, 0.717) is 5.57 Å². The summed E-state index contributed by atoms with van der Waals surface area (Å²) in [7, 11) is 2.94. The van der Waals surface area contributed by atoms with E-state index in [4.69, 9.17) is 4.84 Å². The number of hydrogen-bond acceptors (Lipinski definition) is 4. The van der Waals surface area contributed by atoms with Crippen molar-refractivity contribution in [2.45, 2.75) is 38.8 Å². The highest BCUT2D eigenvalue weighted by atomic mass is 16.7. The minimum atomic E-state index is -0.826. The number of hydrogen-bond donors (Lipinski definition) is 0. The Labute approximate surface area is 96.2 Å². The van der Waals surface area contributed by atoms with Crippen molar-refractivity contribution in [3.63, 3.8) is 0 Å². The molecule has 1 heterocycles. The van der Waals surface area contributed by atoms with Crippen LogP contribution in [0, 0.1) is 5.21 Å². The van der Waals surface area contributed by atoms with E-state index >= 15 is 0 Å². The lowest BCUT2D eigenvalue weighted by atomic mass is 9.96. The quantitative estimate of drug-likeness (QED) is 0.667. The predicted molar refractivity (Wildman–Crippen MR) is 61.2 cm³/mol. The highest BCUT2D eigenvalue weighted by Gasteiger charge is 2.43. The predicted octanol–water partition coefficient (Wildman–Crippen LogP) is 1.30. The van der Waals surface area contributed by atoms with Crippen LogP contribution >= 0.6 is 0 Å². The van der Waals surface area contributed by atoms with Crippen molar-refractivity contribution in [2.75, 3.05) is 14.2 Å². The van der Waals surface area contributed by atoms with Gasteiger partial charge in [-0.05, 0) is 27.7 Å². The zero-order valence-corrected chi connectivity index (χ0v) is 10.7. The number of rotatable bonds is 2. The number of likely N-dealkylation sites (N-methyl/N-ethyl adjacent to an activating group) is 1. The van der Waals surface area contributed by atoms with Gasteiger partial charge in [-0.25, -0.2) is 5.06 Å². The van der Waals surface area contributed by atoms with E-state index < -0.39 is 11.1 Å². The van der Waals surface area contributed by atoms with E-state index in [1.807, 2.05) is 0 Å². The summed E-state index contributed by atoms with van der Waals surface area (Å²) >= 11 is 0. The second-order valence-corrected chi connectivity index (χ2v) is 5.05. The van der Waals surface area contributed by atoms with Crippen LogP contribution < -0.4 is 0 Å². The third kappa shape index (κ3) is 1.86. The van der Waals surface area contributed by atoms with Gasteiger partial charge in [-0.1, -0.05) is 6.08 Å². The summed E-state index contributed by atoms with van der Waals surface area (Å²) in [5, 5.41) is 14.1. The van der Waals surface area contributed by atoms with E-state index in [1.54, 1.807) is 33.8 Å². The molecule has 92 valence electrons. The average molecular weight is 227 g/mol. The minimum Gasteiger partial charge on any atom is -0.784 e. The second kappa shape index (κ2) is 3.84. The van der Waals surface area contributed by atoms with Crippen molar-refractivity contribution < 1.29 is 9.63 Å². The molecule has 16 heavy (non-hydrogen) atoms. The molecule has 1 amide bonds. The number of carbonyl (C=O) groups excluding carboxylic acids is 1. The lowest BCUT2D eigenvalue weighted by molar-refractivity contribution is -0.164. The molecule has 0 fully saturated rings. The van der Waals surface area contributed by atoms with E-state index in [2.05, 4.69) is 0 Å². The van der Waals surface area contributed by atoms with Gasteiger partial charge in [-0.2, -0.15) is 0 Å². The first-order chi connectivity index (χ1) is 7.14. The fourth-order valence-corrected chi connectivity index (χ4v) is 1.99. The molecular weight excluding hydrogens is 208 g/mol. The van der Waals surface area contributed by atoms with Gasteiger partial charge in [-0.15, -0.1) is 0 Å². The van der Waals surface area contributed by atoms with Crippen molar-refractivity contribution >= 4 is 5.91 Å². The summed E-state index contributed by atoms with van der Waals surface area (Å²) < 4.78 is 0. The Balaban J connectivity index is 3.10. The van der Waals surface area contributed by atoms with Crippen LogP contribution in [0.3, 0.4) is 0 Å². The van der Waals surface area contributed by atoms with Gasteiger partial charge in [0.25, 0.3) is 5.91 Å². The van der Waals surface area contributed by atoms with Crippen molar-refractivity contribution in [2.24, 2.45) is 0 Å². The van der Waals surface area contributed by atoms with Crippen molar-refractivity contribution in [1.29, 1.82) is 0 Å². The van der Waals surface area contributed by atoms with Crippen LogP contribution in [-0.4, -0.2) is 41.3 Å². The molecular formula is C11H19N2O3-. The van der Waals surface area contributed by atoms with Crippen LogP contribution in [0.5, 0.6) is 0 Å². The SMILES string of the molecule is CON(C)C(=O)C1=CC(C)(C)N([O-])C1(C)C. The monoisotopic (exact) mass is 227 g/mol. The number of nitrogens with zero attached hydrogens (tertiary/aromatic N) is 2. The van der Waals surface area contributed by atoms with E-state index in [0.717, 1.165) is 10.1 Å². The van der Waals surface area contributed by atoms with Crippen LogP contribution in [0.1, 0.15) is 27.7 Å². The van der Waals surface area contributed by atoms with Crippen molar-refractivity contribution in [1.82, 2.24) is 10.1 Å². The second-order valence-electron chi connectivity index (χ2n) is 5.05. The van der Waals surface area contributed by atoms with Gasteiger partial charge in [0.15, 0.2) is 0 Å². The molecule has 0 aromatic rings. The number of carbonyl (C=O) groups is 1. The molecule has 1 aliphatic heterocycles. The van der Waals surface area contributed by atoms with Crippen molar-refractivity contribution in [3.8, 4) is 0 Å².